The minimum absolute atomic E-state index is 0.189. The number of carbonyl (C=O) groups excluding carboxylic acids is 1. The van der Waals surface area contributed by atoms with E-state index in [1.165, 1.54) is 12.6 Å². The molecule has 2 aliphatic rings. The monoisotopic (exact) mass is 147 g/mol. The lowest BCUT2D eigenvalue weighted by atomic mass is 10.1. The second-order valence-electron chi connectivity index (χ2n) is 2.23. The third-order valence-electron chi connectivity index (χ3n) is 1.54. The van der Waals surface area contributed by atoms with Crippen molar-refractivity contribution >= 4 is 24.7 Å². The van der Waals surface area contributed by atoms with Crippen LogP contribution in [0.15, 0.2) is 26.1 Å². The Bertz CT molecular complexity index is 323. The van der Waals surface area contributed by atoms with Crippen LogP contribution >= 0.6 is 0 Å². The van der Waals surface area contributed by atoms with Crippen LogP contribution in [-0.4, -0.2) is 31.2 Å². The minimum atomic E-state index is -0.189. The van der Waals surface area contributed by atoms with Gasteiger partial charge >= 0.3 is 0 Å². The van der Waals surface area contributed by atoms with Crippen LogP contribution in [0.1, 0.15) is 0 Å². The van der Waals surface area contributed by atoms with E-state index in [9.17, 15) is 4.79 Å². The molecule has 2 heterocycles. The highest BCUT2D eigenvalue weighted by atomic mass is 16.1. The van der Waals surface area contributed by atoms with Crippen LogP contribution in [0, 0.1) is 0 Å². The summed E-state index contributed by atoms with van der Waals surface area (Å²) < 4.78 is 0. The van der Waals surface area contributed by atoms with Gasteiger partial charge in [-0.1, -0.05) is 0 Å². The van der Waals surface area contributed by atoms with Gasteiger partial charge in [0.15, 0.2) is 0 Å². The van der Waals surface area contributed by atoms with Gasteiger partial charge in [0.1, 0.15) is 6.34 Å². The number of nitrogens with zero attached hydrogens (tertiary/aromatic N) is 3. The van der Waals surface area contributed by atoms with Crippen molar-refractivity contribution < 1.29 is 4.79 Å². The first kappa shape index (κ1) is 6.15. The van der Waals surface area contributed by atoms with Gasteiger partial charge in [-0.15, -0.1) is 0 Å². The summed E-state index contributed by atoms with van der Waals surface area (Å²) in [7, 11) is 0. The van der Waals surface area contributed by atoms with Crippen LogP contribution in [0.25, 0.3) is 0 Å². The Labute approximate surface area is 63.1 Å². The van der Waals surface area contributed by atoms with Gasteiger partial charge in [0.05, 0.1) is 12.1 Å². The minimum Gasteiger partial charge on any atom is -0.269 e. The van der Waals surface area contributed by atoms with Crippen molar-refractivity contribution in [3.05, 3.63) is 11.1 Å². The third-order valence-corrected chi connectivity index (χ3v) is 1.54. The molecule has 0 fully saturated rings. The van der Waals surface area contributed by atoms with Crippen molar-refractivity contribution in [1.82, 2.24) is 0 Å². The second kappa shape index (κ2) is 2.23. The second-order valence-corrected chi connectivity index (χ2v) is 2.23. The molecule has 1 amide bonds. The summed E-state index contributed by atoms with van der Waals surface area (Å²) in [6.07, 6.45) is 4.56. The van der Waals surface area contributed by atoms with E-state index in [1.54, 1.807) is 6.21 Å². The van der Waals surface area contributed by atoms with Crippen LogP contribution in [0.5, 0.6) is 0 Å². The smallest absolute Gasteiger partial charge is 0.269 e. The Hall–Kier alpha value is -1.58. The molecule has 0 spiro atoms. The van der Waals surface area contributed by atoms with E-state index in [0.29, 0.717) is 12.1 Å². The van der Waals surface area contributed by atoms with Crippen LogP contribution in [0.2, 0.25) is 0 Å². The summed E-state index contributed by atoms with van der Waals surface area (Å²) in [6, 6.07) is 0. The summed E-state index contributed by atoms with van der Waals surface area (Å²) >= 11 is 0. The molecule has 4 nitrogen and oxygen atoms in total. The Morgan fingerprint density at radius 3 is 3.18 bits per heavy atom. The normalized spacial score (nSPS) is 20.9. The van der Waals surface area contributed by atoms with Crippen LogP contribution in [0.3, 0.4) is 0 Å². The predicted molar refractivity (Wildman–Crippen MR) is 42.4 cm³/mol. The SMILES string of the molecule is O=C1N=CC2=C1CN=CN=C2. The maximum absolute atomic E-state index is 11.0. The number of hydrogen-bond acceptors (Lipinski definition) is 3. The van der Waals surface area contributed by atoms with E-state index >= 15 is 0 Å². The van der Waals surface area contributed by atoms with Gasteiger partial charge in [-0.2, -0.15) is 0 Å². The molecule has 54 valence electrons. The predicted octanol–water partition coefficient (Wildman–Crippen LogP) is 0.00670. The molecule has 0 aromatic heterocycles. The Balaban J connectivity index is 2.46. The average molecular weight is 147 g/mol. The molecule has 4 heteroatoms. The van der Waals surface area contributed by atoms with E-state index in [2.05, 4.69) is 15.0 Å². The molecule has 2 rings (SSSR count). The molecule has 0 atom stereocenters. The molecule has 0 unspecified atom stereocenters. The molecule has 0 aliphatic carbocycles. The molecule has 0 bridgehead atoms. The highest BCUT2D eigenvalue weighted by Crippen LogP contribution is 2.11. The molecule has 0 saturated carbocycles. The van der Waals surface area contributed by atoms with E-state index in [1.807, 2.05) is 0 Å². The highest BCUT2D eigenvalue weighted by Gasteiger charge is 2.17. The van der Waals surface area contributed by atoms with Gasteiger partial charge < -0.3 is 0 Å². The lowest BCUT2D eigenvalue weighted by Gasteiger charge is -1.91. The molecular weight excluding hydrogens is 142 g/mol. The summed E-state index contributed by atoms with van der Waals surface area (Å²) in [6.45, 7) is 0.397. The molecule has 0 N–H and O–H groups in total. The van der Waals surface area contributed by atoms with Crippen molar-refractivity contribution in [2.75, 3.05) is 6.54 Å². The zero-order chi connectivity index (χ0) is 7.68. The topological polar surface area (TPSA) is 54.1 Å². The van der Waals surface area contributed by atoms with Gasteiger partial charge in [0, 0.05) is 18.0 Å². The zero-order valence-electron chi connectivity index (χ0n) is 5.69. The standard InChI is InChI=1S/C7H5N3O/c11-7-6-3-9-4-8-1-5(6)2-10-7/h1-2,4H,3H2. The van der Waals surface area contributed by atoms with E-state index in [4.69, 9.17) is 0 Å². The Morgan fingerprint density at radius 1 is 1.36 bits per heavy atom. The van der Waals surface area contributed by atoms with E-state index < -0.39 is 0 Å². The quantitative estimate of drug-likeness (QED) is 0.476. The van der Waals surface area contributed by atoms with Crippen LogP contribution < -0.4 is 0 Å². The summed E-state index contributed by atoms with van der Waals surface area (Å²) in [5.41, 5.74) is 1.43. The number of rotatable bonds is 0. The van der Waals surface area contributed by atoms with Crippen molar-refractivity contribution in [1.29, 1.82) is 0 Å². The lowest BCUT2D eigenvalue weighted by Crippen LogP contribution is -1.99. The number of carbonyl (C=O) groups is 1. The fraction of sp³-hybridized carbons (Fsp3) is 0.143. The van der Waals surface area contributed by atoms with Crippen molar-refractivity contribution in [3.63, 3.8) is 0 Å². The molecular formula is C7H5N3O. The maximum atomic E-state index is 11.0. The average Bonchev–Trinajstić information content (AvgIpc) is 2.25. The molecule has 11 heavy (non-hydrogen) atoms. The van der Waals surface area contributed by atoms with Crippen LogP contribution in [-0.2, 0) is 4.79 Å². The third kappa shape index (κ3) is 0.920. The number of amides is 1. The molecule has 0 saturated heterocycles. The molecule has 2 aliphatic heterocycles. The summed E-state index contributed by atoms with van der Waals surface area (Å²) in [5, 5.41) is 0. The first-order valence-electron chi connectivity index (χ1n) is 3.21. The zero-order valence-corrected chi connectivity index (χ0v) is 5.69. The first-order chi connectivity index (χ1) is 5.38. The summed E-state index contributed by atoms with van der Waals surface area (Å²) in [4.78, 5) is 22.3. The number of allylic oxidation sites excluding steroid dienone is 1. The fourth-order valence-electron chi connectivity index (χ4n) is 0.971. The Kier molecular flexibility index (Phi) is 1.25. The largest absolute Gasteiger partial charge is 0.275 e. The van der Waals surface area contributed by atoms with Gasteiger partial charge in [-0.25, -0.2) is 9.98 Å². The van der Waals surface area contributed by atoms with Gasteiger partial charge in [-0.05, 0) is 0 Å². The van der Waals surface area contributed by atoms with Crippen LogP contribution in [0.4, 0.5) is 0 Å². The molecule has 0 aromatic rings. The molecule has 0 radical (unpaired) electrons. The molecule has 0 aromatic carbocycles. The van der Waals surface area contributed by atoms with E-state index in [-0.39, 0.29) is 5.91 Å². The van der Waals surface area contributed by atoms with Gasteiger partial charge in [0.2, 0.25) is 0 Å². The Morgan fingerprint density at radius 2 is 2.27 bits per heavy atom. The maximum Gasteiger partial charge on any atom is 0.275 e. The van der Waals surface area contributed by atoms with Gasteiger partial charge in [0.25, 0.3) is 5.91 Å². The summed E-state index contributed by atoms with van der Waals surface area (Å²) in [5.74, 6) is -0.189. The first-order valence-corrected chi connectivity index (χ1v) is 3.21. The number of aliphatic imine (C=N–C) groups is 3. The van der Waals surface area contributed by atoms with Crippen molar-refractivity contribution in [2.24, 2.45) is 15.0 Å². The van der Waals surface area contributed by atoms with Crippen molar-refractivity contribution in [3.8, 4) is 0 Å². The lowest BCUT2D eigenvalue weighted by molar-refractivity contribution is -0.114. The van der Waals surface area contributed by atoms with E-state index in [0.717, 1.165) is 5.57 Å². The van der Waals surface area contributed by atoms with Gasteiger partial charge in [-0.3, -0.25) is 9.79 Å². The number of hydrogen-bond donors (Lipinski definition) is 0. The highest BCUT2D eigenvalue weighted by molar-refractivity contribution is 6.21. The fourth-order valence-corrected chi connectivity index (χ4v) is 0.971. The van der Waals surface area contributed by atoms with Crippen molar-refractivity contribution in [2.45, 2.75) is 0 Å².